The summed E-state index contributed by atoms with van der Waals surface area (Å²) in [6, 6.07) is 0. The molecule has 0 bridgehead atoms. The summed E-state index contributed by atoms with van der Waals surface area (Å²) in [6.45, 7) is 14.9. The molecular weight excluding hydrogens is 284 g/mol. The van der Waals surface area contributed by atoms with Gasteiger partial charge < -0.3 is 20.4 Å². The zero-order chi connectivity index (χ0) is 15.9. The van der Waals surface area contributed by atoms with Crippen LogP contribution in [0.2, 0.25) is 0 Å². The van der Waals surface area contributed by atoms with Gasteiger partial charge in [0, 0.05) is 45.6 Å². The Morgan fingerprint density at radius 2 is 0.895 bits per heavy atom. The molecular formula is C13H30O5Ti. The van der Waals surface area contributed by atoms with Gasteiger partial charge in [0.05, 0.1) is 0 Å². The van der Waals surface area contributed by atoms with Gasteiger partial charge in [-0.25, -0.2) is 4.79 Å². The molecule has 0 saturated heterocycles. The van der Waals surface area contributed by atoms with Crippen molar-refractivity contribution in [3.05, 3.63) is 12.2 Å². The molecule has 0 fully saturated rings. The Morgan fingerprint density at radius 1 is 0.842 bits per heavy atom. The Balaban J connectivity index is -0.0000000459. The van der Waals surface area contributed by atoms with Crippen molar-refractivity contribution >= 4 is 5.97 Å². The van der Waals surface area contributed by atoms with Crippen LogP contribution in [0, 0.1) is 0 Å². The van der Waals surface area contributed by atoms with Crippen LogP contribution in [0.25, 0.3) is 0 Å². The first-order valence-electron chi connectivity index (χ1n) is 5.77. The van der Waals surface area contributed by atoms with Crippen LogP contribution in [0.1, 0.15) is 48.5 Å². The number of rotatable bonds is 1. The summed E-state index contributed by atoms with van der Waals surface area (Å²) in [4.78, 5) is 9.60. The topological polar surface area (TPSA) is 98.0 Å². The van der Waals surface area contributed by atoms with E-state index in [1.54, 1.807) is 41.5 Å². The molecule has 0 atom stereocenters. The molecule has 0 rings (SSSR count). The van der Waals surface area contributed by atoms with Crippen molar-refractivity contribution in [2.45, 2.75) is 66.8 Å². The number of carboxylic acid groups (broad SMARTS) is 1. The predicted octanol–water partition coefficient (Wildman–Crippen LogP) is 1.81. The average molecular weight is 314 g/mol. The summed E-state index contributed by atoms with van der Waals surface area (Å²) in [6.07, 6.45) is -0.500. The normalized spacial score (nSPS) is 8.05. The molecule has 4 N–H and O–H groups in total. The van der Waals surface area contributed by atoms with E-state index in [-0.39, 0.29) is 45.6 Å². The second kappa shape index (κ2) is 22.9. The minimum atomic E-state index is -0.935. The van der Waals surface area contributed by atoms with E-state index in [0.717, 1.165) is 0 Å². The van der Waals surface area contributed by atoms with Crippen LogP contribution in [0.5, 0.6) is 0 Å². The predicted molar refractivity (Wildman–Crippen MR) is 74.5 cm³/mol. The van der Waals surface area contributed by atoms with Crippen LogP contribution in [0.3, 0.4) is 0 Å². The van der Waals surface area contributed by atoms with E-state index in [2.05, 4.69) is 6.58 Å². The standard InChI is InChI=1S/C4H6O2.3C3H8O.Ti/c1-3(2)4(5)6;3*1-3(2)4;/h1H2,2H3,(H,5,6);3*3-4H,1-2H3;. The molecule has 19 heavy (non-hydrogen) atoms. The Kier molecular flexibility index (Phi) is 37.8. The molecule has 0 aliphatic carbocycles. The minimum absolute atomic E-state index is 0. The van der Waals surface area contributed by atoms with Gasteiger partial charge in [-0.05, 0) is 48.5 Å². The van der Waals surface area contributed by atoms with Crippen molar-refractivity contribution in [3.63, 3.8) is 0 Å². The molecule has 0 heterocycles. The van der Waals surface area contributed by atoms with Crippen molar-refractivity contribution in [2.24, 2.45) is 0 Å². The third-order valence-corrected chi connectivity index (χ3v) is 0.365. The molecule has 6 heteroatoms. The van der Waals surface area contributed by atoms with Crippen LogP contribution in [-0.4, -0.2) is 44.7 Å². The fourth-order valence-corrected chi connectivity index (χ4v) is 0. The van der Waals surface area contributed by atoms with E-state index in [1.165, 1.54) is 6.92 Å². The summed E-state index contributed by atoms with van der Waals surface area (Å²) in [5.74, 6) is -0.935. The number of aliphatic carboxylic acids is 1. The number of hydrogen-bond acceptors (Lipinski definition) is 4. The SMILES string of the molecule is C=C(C)C(=O)O.CC(C)O.CC(C)O.CC(C)O.[Ti]. The fourth-order valence-electron chi connectivity index (χ4n) is 0. The molecule has 0 aliphatic heterocycles. The van der Waals surface area contributed by atoms with Gasteiger partial charge in [-0.1, -0.05) is 6.58 Å². The fraction of sp³-hybridized carbons (Fsp3) is 0.769. The number of carboxylic acids is 1. The Hall–Kier alpha value is -0.196. The Bertz CT molecular complexity index is 157. The molecule has 0 amide bonds. The number of aliphatic hydroxyl groups is 3. The third-order valence-electron chi connectivity index (χ3n) is 0.365. The van der Waals surface area contributed by atoms with E-state index in [9.17, 15) is 4.79 Å². The van der Waals surface area contributed by atoms with Crippen LogP contribution in [0.15, 0.2) is 12.2 Å². The molecule has 0 spiro atoms. The second-order valence-corrected chi connectivity index (χ2v) is 4.37. The van der Waals surface area contributed by atoms with E-state index in [0.29, 0.717) is 0 Å². The molecule has 116 valence electrons. The zero-order valence-electron chi connectivity index (χ0n) is 13.1. The van der Waals surface area contributed by atoms with Crippen LogP contribution in [-0.2, 0) is 26.5 Å². The van der Waals surface area contributed by atoms with Crippen molar-refractivity contribution in [2.75, 3.05) is 0 Å². The van der Waals surface area contributed by atoms with E-state index < -0.39 is 5.97 Å². The molecule has 0 radical (unpaired) electrons. The molecule has 5 nitrogen and oxygen atoms in total. The van der Waals surface area contributed by atoms with Gasteiger partial charge in [-0.15, -0.1) is 0 Å². The average Bonchev–Trinajstić information content (AvgIpc) is 1.99. The summed E-state index contributed by atoms with van der Waals surface area (Å²) in [5.41, 5.74) is 0.176. The van der Waals surface area contributed by atoms with Gasteiger partial charge in [-0.2, -0.15) is 0 Å². The van der Waals surface area contributed by atoms with Gasteiger partial charge in [0.25, 0.3) is 0 Å². The van der Waals surface area contributed by atoms with Crippen molar-refractivity contribution in [3.8, 4) is 0 Å². The summed E-state index contributed by atoms with van der Waals surface area (Å²) >= 11 is 0. The van der Waals surface area contributed by atoms with E-state index >= 15 is 0 Å². The van der Waals surface area contributed by atoms with E-state index in [1.807, 2.05) is 0 Å². The molecule has 0 aromatic rings. The first-order valence-corrected chi connectivity index (χ1v) is 5.77. The summed E-state index contributed by atoms with van der Waals surface area (Å²) in [5, 5.41) is 32.1. The zero-order valence-corrected chi connectivity index (χ0v) is 14.7. The maximum atomic E-state index is 9.60. The monoisotopic (exact) mass is 314 g/mol. The van der Waals surface area contributed by atoms with Gasteiger partial charge in [0.1, 0.15) is 0 Å². The Morgan fingerprint density at radius 3 is 0.895 bits per heavy atom. The Labute approximate surface area is 132 Å². The first kappa shape index (κ1) is 31.3. The van der Waals surface area contributed by atoms with Crippen LogP contribution < -0.4 is 0 Å². The maximum Gasteiger partial charge on any atom is 0.330 e. The van der Waals surface area contributed by atoms with Crippen molar-refractivity contribution < 1.29 is 46.9 Å². The molecule has 0 unspecified atom stereocenters. The summed E-state index contributed by atoms with van der Waals surface area (Å²) < 4.78 is 0. The van der Waals surface area contributed by atoms with Crippen LogP contribution in [0.4, 0.5) is 0 Å². The van der Waals surface area contributed by atoms with Gasteiger partial charge in [-0.3, -0.25) is 0 Å². The van der Waals surface area contributed by atoms with Crippen LogP contribution >= 0.6 is 0 Å². The van der Waals surface area contributed by atoms with Gasteiger partial charge >= 0.3 is 5.97 Å². The first-order chi connectivity index (χ1) is 7.84. The smallest absolute Gasteiger partial charge is 0.330 e. The molecule has 0 aliphatic rings. The minimum Gasteiger partial charge on any atom is -0.478 e. The van der Waals surface area contributed by atoms with Crippen molar-refractivity contribution in [1.82, 2.24) is 0 Å². The van der Waals surface area contributed by atoms with Gasteiger partial charge in [0.15, 0.2) is 0 Å². The number of aliphatic hydroxyl groups excluding tert-OH is 3. The third kappa shape index (κ3) is 307. The number of hydrogen-bond donors (Lipinski definition) is 4. The second-order valence-electron chi connectivity index (χ2n) is 4.37. The molecule has 0 aromatic heterocycles. The molecule has 0 aromatic carbocycles. The maximum absolute atomic E-state index is 9.60. The van der Waals surface area contributed by atoms with Gasteiger partial charge in [0.2, 0.25) is 0 Å². The largest absolute Gasteiger partial charge is 0.478 e. The quantitative estimate of drug-likeness (QED) is 0.437. The molecule has 0 saturated carbocycles. The van der Waals surface area contributed by atoms with E-state index in [4.69, 9.17) is 20.4 Å². The summed E-state index contributed by atoms with van der Waals surface area (Å²) in [7, 11) is 0. The number of carbonyl (C=O) groups is 1. The van der Waals surface area contributed by atoms with Crippen molar-refractivity contribution in [1.29, 1.82) is 0 Å².